The Morgan fingerprint density at radius 1 is 1.14 bits per heavy atom. The molecule has 0 aliphatic carbocycles. The lowest BCUT2D eigenvalue weighted by molar-refractivity contribution is 0.0863. The van der Waals surface area contributed by atoms with Crippen LogP contribution in [0, 0.1) is 5.92 Å². The average molecular weight is 281 g/mol. The Kier molecular flexibility index (Phi) is 3.44. The molecule has 2 aliphatic rings. The van der Waals surface area contributed by atoms with Gasteiger partial charge in [0.2, 0.25) is 0 Å². The molecule has 2 heterocycles. The van der Waals surface area contributed by atoms with Gasteiger partial charge in [-0.15, -0.1) is 0 Å². The highest BCUT2D eigenvalue weighted by molar-refractivity contribution is 5.85. The summed E-state index contributed by atoms with van der Waals surface area (Å²) in [6.45, 7) is 0. The predicted molar refractivity (Wildman–Crippen MR) is 86.5 cm³/mol. The van der Waals surface area contributed by atoms with Crippen LogP contribution in [0.25, 0.3) is 10.8 Å². The van der Waals surface area contributed by atoms with E-state index in [1.807, 2.05) is 0 Å². The van der Waals surface area contributed by atoms with Crippen LogP contribution in [0.1, 0.15) is 24.8 Å². The Hall–Kier alpha value is -1.38. The highest BCUT2D eigenvalue weighted by atomic mass is 16.5. The van der Waals surface area contributed by atoms with Gasteiger partial charge >= 0.3 is 0 Å². The van der Waals surface area contributed by atoms with E-state index in [1.54, 1.807) is 0 Å². The van der Waals surface area contributed by atoms with Crippen molar-refractivity contribution in [1.82, 2.24) is 5.32 Å². The van der Waals surface area contributed by atoms with Crippen molar-refractivity contribution in [1.29, 1.82) is 0 Å². The van der Waals surface area contributed by atoms with Gasteiger partial charge in [-0.3, -0.25) is 0 Å². The van der Waals surface area contributed by atoms with E-state index in [-0.39, 0.29) is 0 Å². The van der Waals surface area contributed by atoms with E-state index >= 15 is 0 Å². The summed E-state index contributed by atoms with van der Waals surface area (Å²) in [5, 5.41) is 6.30. The lowest BCUT2D eigenvalue weighted by atomic mass is 9.81. The van der Waals surface area contributed by atoms with Crippen molar-refractivity contribution in [2.24, 2.45) is 5.92 Å². The van der Waals surface area contributed by atoms with Gasteiger partial charge in [-0.1, -0.05) is 42.5 Å². The Labute approximate surface area is 126 Å². The lowest BCUT2D eigenvalue weighted by Gasteiger charge is -2.28. The van der Waals surface area contributed by atoms with Crippen molar-refractivity contribution < 1.29 is 4.74 Å². The van der Waals surface area contributed by atoms with Crippen LogP contribution in [0.2, 0.25) is 0 Å². The number of fused-ring (bicyclic) bond motifs is 3. The third-order valence-electron chi connectivity index (χ3n) is 5.36. The zero-order valence-corrected chi connectivity index (χ0v) is 12.6. The van der Waals surface area contributed by atoms with E-state index in [2.05, 4.69) is 54.8 Å². The fraction of sp³-hybridized carbons (Fsp3) is 0.474. The van der Waals surface area contributed by atoms with Crippen LogP contribution in [-0.2, 0) is 11.2 Å². The van der Waals surface area contributed by atoms with Crippen LogP contribution in [0.4, 0.5) is 0 Å². The Morgan fingerprint density at radius 3 is 2.76 bits per heavy atom. The normalized spacial score (nSPS) is 29.1. The van der Waals surface area contributed by atoms with Gasteiger partial charge in [0.15, 0.2) is 0 Å². The van der Waals surface area contributed by atoms with E-state index in [4.69, 9.17) is 4.74 Å². The van der Waals surface area contributed by atoms with Gasteiger partial charge < -0.3 is 10.1 Å². The number of nitrogens with one attached hydrogen (secondary N) is 1. The SMILES string of the molecule is CNC(Cc1cccc2ccccc12)C1CC2CCC1O2. The summed E-state index contributed by atoms with van der Waals surface area (Å²) in [6, 6.07) is 15.9. The minimum atomic E-state index is 0.488. The van der Waals surface area contributed by atoms with E-state index in [0.717, 1.165) is 6.42 Å². The molecule has 0 aromatic heterocycles. The van der Waals surface area contributed by atoms with Crippen molar-refractivity contribution in [3.8, 4) is 0 Å². The third-order valence-corrected chi connectivity index (χ3v) is 5.36. The van der Waals surface area contributed by atoms with E-state index in [9.17, 15) is 0 Å². The van der Waals surface area contributed by atoms with E-state index in [1.165, 1.54) is 35.6 Å². The first-order valence-electron chi connectivity index (χ1n) is 8.14. The standard InChI is InChI=1S/C19H23NO/c1-20-18(17-12-15-9-10-19(17)21-15)11-14-7-4-6-13-5-2-3-8-16(13)14/h2-8,15,17-20H,9-12H2,1H3. The molecule has 4 rings (SSSR count). The summed E-state index contributed by atoms with van der Waals surface area (Å²) in [6.07, 6.45) is 5.87. The molecule has 0 spiro atoms. The van der Waals surface area contributed by atoms with Crippen molar-refractivity contribution in [3.05, 3.63) is 48.0 Å². The summed E-state index contributed by atoms with van der Waals surface area (Å²) in [7, 11) is 2.10. The molecular weight excluding hydrogens is 258 g/mol. The first-order valence-corrected chi connectivity index (χ1v) is 8.14. The fourth-order valence-corrected chi connectivity index (χ4v) is 4.28. The number of hydrogen-bond donors (Lipinski definition) is 1. The van der Waals surface area contributed by atoms with Crippen LogP contribution in [0.5, 0.6) is 0 Å². The Bertz CT molecular complexity index is 633. The molecule has 1 N–H and O–H groups in total. The van der Waals surface area contributed by atoms with Gasteiger partial charge in [0.1, 0.15) is 0 Å². The maximum Gasteiger partial charge on any atom is 0.0623 e. The van der Waals surface area contributed by atoms with Gasteiger partial charge in [-0.25, -0.2) is 0 Å². The first-order chi connectivity index (χ1) is 10.3. The minimum Gasteiger partial charge on any atom is -0.375 e. The van der Waals surface area contributed by atoms with Crippen LogP contribution >= 0.6 is 0 Å². The van der Waals surface area contributed by atoms with Crippen molar-refractivity contribution in [2.75, 3.05) is 7.05 Å². The molecular formula is C19H23NO. The van der Waals surface area contributed by atoms with Crippen molar-refractivity contribution >= 4 is 10.8 Å². The molecule has 2 saturated heterocycles. The number of ether oxygens (including phenoxy) is 1. The molecule has 0 saturated carbocycles. The highest BCUT2D eigenvalue weighted by Gasteiger charge is 2.43. The molecule has 4 unspecified atom stereocenters. The monoisotopic (exact) mass is 281 g/mol. The number of likely N-dealkylation sites (N-methyl/N-ethyl adjacent to an activating group) is 1. The van der Waals surface area contributed by atoms with Crippen LogP contribution in [0.3, 0.4) is 0 Å². The van der Waals surface area contributed by atoms with E-state index < -0.39 is 0 Å². The van der Waals surface area contributed by atoms with Gasteiger partial charge in [0.05, 0.1) is 12.2 Å². The molecule has 110 valence electrons. The molecule has 2 heteroatoms. The second kappa shape index (κ2) is 5.43. The van der Waals surface area contributed by atoms with Crippen LogP contribution < -0.4 is 5.32 Å². The van der Waals surface area contributed by atoms with Crippen LogP contribution in [-0.4, -0.2) is 25.3 Å². The second-order valence-electron chi connectivity index (χ2n) is 6.51. The molecule has 2 nitrogen and oxygen atoms in total. The molecule has 0 radical (unpaired) electrons. The third kappa shape index (κ3) is 2.37. The summed E-state index contributed by atoms with van der Waals surface area (Å²) >= 11 is 0. The Balaban J connectivity index is 1.61. The maximum atomic E-state index is 6.05. The molecule has 2 aromatic carbocycles. The quantitative estimate of drug-likeness (QED) is 0.925. The first kappa shape index (κ1) is 13.3. The van der Waals surface area contributed by atoms with Crippen molar-refractivity contribution in [3.63, 3.8) is 0 Å². The minimum absolute atomic E-state index is 0.488. The van der Waals surface area contributed by atoms with Crippen molar-refractivity contribution in [2.45, 2.75) is 43.9 Å². The molecule has 2 bridgehead atoms. The second-order valence-corrected chi connectivity index (χ2v) is 6.51. The molecule has 2 aromatic rings. The summed E-state index contributed by atoms with van der Waals surface area (Å²) < 4.78 is 6.05. The van der Waals surface area contributed by atoms with Gasteiger partial charge in [-0.2, -0.15) is 0 Å². The van der Waals surface area contributed by atoms with Gasteiger partial charge in [-0.05, 0) is 49.1 Å². The number of benzene rings is 2. The maximum absolute atomic E-state index is 6.05. The predicted octanol–water partition coefficient (Wildman–Crippen LogP) is 3.54. The lowest BCUT2D eigenvalue weighted by Crippen LogP contribution is -2.40. The number of hydrogen-bond acceptors (Lipinski definition) is 2. The molecule has 4 atom stereocenters. The summed E-state index contributed by atoms with van der Waals surface area (Å²) in [4.78, 5) is 0. The zero-order valence-electron chi connectivity index (χ0n) is 12.6. The highest BCUT2D eigenvalue weighted by Crippen LogP contribution is 2.41. The average Bonchev–Trinajstić information content (AvgIpc) is 3.15. The summed E-state index contributed by atoms with van der Waals surface area (Å²) in [5.74, 6) is 0.674. The van der Waals surface area contributed by atoms with Gasteiger partial charge in [0.25, 0.3) is 0 Å². The Morgan fingerprint density at radius 2 is 2.00 bits per heavy atom. The molecule has 21 heavy (non-hydrogen) atoms. The number of rotatable bonds is 4. The van der Waals surface area contributed by atoms with Gasteiger partial charge in [0, 0.05) is 12.0 Å². The topological polar surface area (TPSA) is 21.3 Å². The molecule has 2 fully saturated rings. The molecule has 2 aliphatic heterocycles. The van der Waals surface area contributed by atoms with E-state index in [0.29, 0.717) is 24.2 Å². The molecule has 0 amide bonds. The zero-order chi connectivity index (χ0) is 14.2. The smallest absolute Gasteiger partial charge is 0.0623 e. The largest absolute Gasteiger partial charge is 0.375 e. The fourth-order valence-electron chi connectivity index (χ4n) is 4.28. The summed E-state index contributed by atoms with van der Waals surface area (Å²) in [5.41, 5.74) is 1.45. The van der Waals surface area contributed by atoms with Crippen LogP contribution in [0.15, 0.2) is 42.5 Å².